The van der Waals surface area contributed by atoms with Crippen LogP contribution >= 0.6 is 27.5 Å². The lowest BCUT2D eigenvalue weighted by Crippen LogP contribution is -2.02. The fraction of sp³-hybridized carbons (Fsp3) is 0.412. The van der Waals surface area contributed by atoms with E-state index in [0.29, 0.717) is 16.5 Å². The van der Waals surface area contributed by atoms with Crippen LogP contribution in [-0.4, -0.2) is 0 Å². The van der Waals surface area contributed by atoms with Crippen LogP contribution in [0.2, 0.25) is 0 Å². The first-order valence-corrected chi connectivity index (χ1v) is 8.16. The molecule has 2 aromatic rings. The van der Waals surface area contributed by atoms with Crippen molar-refractivity contribution < 1.29 is 4.42 Å². The van der Waals surface area contributed by atoms with Crippen LogP contribution < -0.4 is 0 Å². The lowest BCUT2D eigenvalue weighted by Gasteiger charge is -2.18. The first kappa shape index (κ1) is 15.7. The summed E-state index contributed by atoms with van der Waals surface area (Å²) in [5, 5.41) is -0.250. The predicted molar refractivity (Wildman–Crippen MR) is 88.7 cm³/mol. The molecule has 0 saturated heterocycles. The molecule has 2 rings (SSSR count). The summed E-state index contributed by atoms with van der Waals surface area (Å²) in [6.07, 6.45) is 0. The lowest BCUT2D eigenvalue weighted by atomic mass is 9.90. The van der Waals surface area contributed by atoms with Gasteiger partial charge in [-0.15, -0.1) is 11.6 Å². The van der Waals surface area contributed by atoms with Crippen LogP contribution in [0.15, 0.2) is 39.4 Å². The highest BCUT2D eigenvalue weighted by Crippen LogP contribution is 2.37. The molecule has 0 spiro atoms. The van der Waals surface area contributed by atoms with Crippen molar-refractivity contribution in [3.63, 3.8) is 0 Å². The van der Waals surface area contributed by atoms with E-state index < -0.39 is 0 Å². The van der Waals surface area contributed by atoms with Gasteiger partial charge in [0.05, 0.1) is 0 Å². The van der Waals surface area contributed by atoms with Crippen LogP contribution in [-0.2, 0) is 0 Å². The second kappa shape index (κ2) is 6.36. The molecule has 3 heteroatoms. The van der Waals surface area contributed by atoms with Crippen molar-refractivity contribution in [1.29, 1.82) is 0 Å². The number of hydrogen-bond donors (Lipinski definition) is 0. The minimum absolute atomic E-state index is 0.250. The van der Waals surface area contributed by atoms with E-state index in [1.165, 1.54) is 11.1 Å². The van der Waals surface area contributed by atoms with Crippen LogP contribution in [0.1, 0.15) is 67.4 Å². The Morgan fingerprint density at radius 1 is 0.950 bits per heavy atom. The number of rotatable bonds is 4. The quantitative estimate of drug-likeness (QED) is 0.562. The van der Waals surface area contributed by atoms with E-state index in [2.05, 4.69) is 61.8 Å². The van der Waals surface area contributed by atoms with Gasteiger partial charge >= 0.3 is 0 Å². The smallest absolute Gasteiger partial charge is 0.169 e. The molecule has 0 aliphatic heterocycles. The van der Waals surface area contributed by atoms with Gasteiger partial charge in [0.1, 0.15) is 11.1 Å². The summed E-state index contributed by atoms with van der Waals surface area (Å²) in [5.41, 5.74) is 3.78. The van der Waals surface area contributed by atoms with E-state index in [0.717, 1.165) is 11.3 Å². The Kier molecular flexibility index (Phi) is 4.98. The van der Waals surface area contributed by atoms with E-state index >= 15 is 0 Å². The molecule has 1 unspecified atom stereocenters. The van der Waals surface area contributed by atoms with Gasteiger partial charge in [-0.25, -0.2) is 0 Å². The second-order valence-corrected chi connectivity index (χ2v) is 6.92. The average molecular weight is 356 g/mol. The molecule has 1 heterocycles. The summed E-state index contributed by atoms with van der Waals surface area (Å²) in [4.78, 5) is 0. The molecule has 108 valence electrons. The molecule has 0 saturated carbocycles. The summed E-state index contributed by atoms with van der Waals surface area (Å²) >= 11 is 9.94. The zero-order valence-corrected chi connectivity index (χ0v) is 14.6. The van der Waals surface area contributed by atoms with E-state index in [-0.39, 0.29) is 5.38 Å². The molecular formula is C17H20BrClO. The van der Waals surface area contributed by atoms with Gasteiger partial charge in [-0.2, -0.15) is 0 Å². The molecule has 1 aromatic heterocycles. The number of alkyl halides is 1. The van der Waals surface area contributed by atoms with Crippen molar-refractivity contribution in [1.82, 2.24) is 0 Å². The third-order valence-electron chi connectivity index (χ3n) is 3.52. The maximum Gasteiger partial charge on any atom is 0.169 e. The van der Waals surface area contributed by atoms with Crippen LogP contribution in [0, 0.1) is 0 Å². The molecule has 1 atom stereocenters. The van der Waals surface area contributed by atoms with Gasteiger partial charge in [-0.3, -0.25) is 0 Å². The van der Waals surface area contributed by atoms with Gasteiger partial charge in [0, 0.05) is 0 Å². The standard InChI is InChI=1S/C17H20BrClO/c1-10(2)12-5-6-13(14(9-12)11(3)4)17(19)15-7-8-16(18)20-15/h5-11,17H,1-4H3. The molecule has 0 amide bonds. The molecular weight excluding hydrogens is 336 g/mol. The van der Waals surface area contributed by atoms with Crippen molar-refractivity contribution in [2.24, 2.45) is 0 Å². The van der Waals surface area contributed by atoms with Crippen molar-refractivity contribution in [2.75, 3.05) is 0 Å². The Morgan fingerprint density at radius 3 is 2.15 bits per heavy atom. The van der Waals surface area contributed by atoms with E-state index in [4.69, 9.17) is 16.0 Å². The van der Waals surface area contributed by atoms with Gasteiger partial charge in [0.2, 0.25) is 0 Å². The fourth-order valence-corrected chi connectivity index (χ4v) is 2.94. The van der Waals surface area contributed by atoms with E-state index in [9.17, 15) is 0 Å². The zero-order chi connectivity index (χ0) is 14.9. The van der Waals surface area contributed by atoms with Crippen LogP contribution in [0.25, 0.3) is 0 Å². The normalized spacial score (nSPS) is 13.2. The van der Waals surface area contributed by atoms with E-state index in [1.54, 1.807) is 0 Å². The van der Waals surface area contributed by atoms with Crippen molar-refractivity contribution in [2.45, 2.75) is 44.9 Å². The molecule has 0 N–H and O–H groups in total. The van der Waals surface area contributed by atoms with Crippen molar-refractivity contribution >= 4 is 27.5 Å². The van der Waals surface area contributed by atoms with Gasteiger partial charge in [-0.05, 0) is 56.6 Å². The highest BCUT2D eigenvalue weighted by molar-refractivity contribution is 9.10. The number of furan rings is 1. The maximum atomic E-state index is 6.61. The highest BCUT2D eigenvalue weighted by Gasteiger charge is 2.20. The van der Waals surface area contributed by atoms with Gasteiger partial charge in [0.25, 0.3) is 0 Å². The van der Waals surface area contributed by atoms with Gasteiger partial charge in [-0.1, -0.05) is 45.9 Å². The molecule has 1 aromatic carbocycles. The Labute approximate surface area is 134 Å². The zero-order valence-electron chi connectivity index (χ0n) is 12.3. The molecule has 0 aliphatic carbocycles. The minimum Gasteiger partial charge on any atom is -0.452 e. The summed E-state index contributed by atoms with van der Waals surface area (Å²) < 4.78 is 6.31. The molecule has 20 heavy (non-hydrogen) atoms. The minimum atomic E-state index is -0.250. The van der Waals surface area contributed by atoms with Crippen LogP contribution in [0.3, 0.4) is 0 Å². The topological polar surface area (TPSA) is 13.1 Å². The maximum absolute atomic E-state index is 6.61. The van der Waals surface area contributed by atoms with Crippen molar-refractivity contribution in [3.05, 3.63) is 57.5 Å². The summed E-state index contributed by atoms with van der Waals surface area (Å²) in [6, 6.07) is 10.4. The SMILES string of the molecule is CC(C)c1ccc(C(Cl)c2ccc(Br)o2)c(C(C)C)c1. The number of hydrogen-bond acceptors (Lipinski definition) is 1. The Morgan fingerprint density at radius 2 is 1.65 bits per heavy atom. The third kappa shape index (κ3) is 3.29. The highest BCUT2D eigenvalue weighted by atomic mass is 79.9. The van der Waals surface area contributed by atoms with Crippen molar-refractivity contribution in [3.8, 4) is 0 Å². The first-order valence-electron chi connectivity index (χ1n) is 6.93. The Balaban J connectivity index is 2.45. The first-order chi connectivity index (χ1) is 9.40. The molecule has 0 radical (unpaired) electrons. The van der Waals surface area contributed by atoms with Gasteiger partial charge in [0.15, 0.2) is 4.67 Å². The monoisotopic (exact) mass is 354 g/mol. The third-order valence-corrected chi connectivity index (χ3v) is 4.39. The van der Waals surface area contributed by atoms with Crippen LogP contribution in [0.4, 0.5) is 0 Å². The summed E-state index contributed by atoms with van der Waals surface area (Å²) in [5.74, 6) is 1.73. The molecule has 0 bridgehead atoms. The number of halogens is 2. The Bertz CT molecular complexity index is 586. The summed E-state index contributed by atoms with van der Waals surface area (Å²) in [6.45, 7) is 8.82. The summed E-state index contributed by atoms with van der Waals surface area (Å²) in [7, 11) is 0. The molecule has 0 aliphatic rings. The predicted octanol–water partition coefficient (Wildman–Crippen LogP) is 6.62. The number of benzene rings is 1. The lowest BCUT2D eigenvalue weighted by molar-refractivity contribution is 0.493. The Hall–Kier alpha value is -0.730. The fourth-order valence-electron chi connectivity index (χ4n) is 2.30. The molecule has 1 nitrogen and oxygen atoms in total. The average Bonchev–Trinajstić information content (AvgIpc) is 2.83. The largest absolute Gasteiger partial charge is 0.452 e. The van der Waals surface area contributed by atoms with E-state index in [1.807, 2.05) is 12.1 Å². The van der Waals surface area contributed by atoms with Gasteiger partial charge < -0.3 is 4.42 Å². The molecule has 0 fully saturated rings. The second-order valence-electron chi connectivity index (χ2n) is 5.70. The van der Waals surface area contributed by atoms with Crippen LogP contribution in [0.5, 0.6) is 0 Å².